The van der Waals surface area contributed by atoms with Crippen molar-refractivity contribution in [3.63, 3.8) is 0 Å². The second-order valence-electron chi connectivity index (χ2n) is 8.30. The topological polar surface area (TPSA) is 67.6 Å². The molecular weight excluding hydrogens is 464 g/mol. The number of piperidine rings is 1. The van der Waals surface area contributed by atoms with Crippen LogP contribution in [-0.2, 0) is 6.18 Å². The van der Waals surface area contributed by atoms with Crippen LogP contribution in [0.15, 0.2) is 30.5 Å². The summed E-state index contributed by atoms with van der Waals surface area (Å²) >= 11 is 6.04. The van der Waals surface area contributed by atoms with Crippen LogP contribution >= 0.6 is 11.6 Å². The monoisotopic (exact) mass is 484 g/mol. The molecule has 33 heavy (non-hydrogen) atoms. The largest absolute Gasteiger partial charge is 0.487 e. The van der Waals surface area contributed by atoms with Gasteiger partial charge in [-0.05, 0) is 48.9 Å². The molecule has 3 aromatic heterocycles. The third-order valence-corrected chi connectivity index (χ3v) is 6.48. The molecule has 5 rings (SSSR count). The average Bonchev–Trinajstić information content (AvgIpc) is 3.28. The number of aromatic nitrogens is 4. The third kappa shape index (κ3) is 4.25. The minimum Gasteiger partial charge on any atom is -0.487 e. The number of nitrogens with one attached hydrogen (secondary N) is 1. The molecule has 3 aromatic rings. The Balaban J connectivity index is 1.40. The van der Waals surface area contributed by atoms with Crippen LogP contribution in [0, 0.1) is 11.8 Å². The van der Waals surface area contributed by atoms with E-state index in [0.29, 0.717) is 9.67 Å². The van der Waals surface area contributed by atoms with Gasteiger partial charge >= 0.3 is 6.18 Å². The molecule has 1 saturated heterocycles. The van der Waals surface area contributed by atoms with Crippen LogP contribution in [-0.4, -0.2) is 52.0 Å². The van der Waals surface area contributed by atoms with Crippen LogP contribution in [0.4, 0.5) is 29.2 Å². The molecule has 1 N–H and O–H groups in total. The molecule has 4 heterocycles. The van der Waals surface area contributed by atoms with Crippen molar-refractivity contribution in [2.45, 2.75) is 25.1 Å². The highest BCUT2D eigenvalue weighted by Crippen LogP contribution is 2.40. The molecule has 0 radical (unpaired) electrons. The second-order valence-corrected chi connectivity index (χ2v) is 8.69. The molecule has 0 aromatic carbocycles. The zero-order valence-corrected chi connectivity index (χ0v) is 18.2. The molecule has 2 bridgehead atoms. The average molecular weight is 485 g/mol. The van der Waals surface area contributed by atoms with Crippen LogP contribution in [0.2, 0.25) is 5.15 Å². The van der Waals surface area contributed by atoms with Crippen LogP contribution < -0.4 is 15.0 Å². The summed E-state index contributed by atoms with van der Waals surface area (Å²) in [6.45, 7) is 0.510. The van der Waals surface area contributed by atoms with Gasteiger partial charge in [-0.2, -0.15) is 18.2 Å². The number of pyridine rings is 2. The number of hydrogen-bond donors (Lipinski definition) is 1. The van der Waals surface area contributed by atoms with E-state index in [9.17, 15) is 17.6 Å². The standard InChI is InChI=1S/C21H21ClF4N6O/c22-17-9-14(5-7-27-17)31-10-12-1-2-13(11-31)18(12)28-20-29-19-15(33-8-6-23)3-4-16(21(24,25)26)32(19)30-20/h3-5,7,9,12-13,18H,1-2,6,8,10-11H2,(H,28,30). The summed E-state index contributed by atoms with van der Waals surface area (Å²) in [5, 5.41) is 7.79. The molecule has 1 saturated carbocycles. The van der Waals surface area contributed by atoms with Crippen molar-refractivity contribution in [2.24, 2.45) is 11.8 Å². The fourth-order valence-corrected chi connectivity index (χ4v) is 5.05. The Morgan fingerprint density at radius 3 is 2.58 bits per heavy atom. The van der Waals surface area contributed by atoms with Crippen molar-refractivity contribution < 1.29 is 22.3 Å². The predicted octanol–water partition coefficient (Wildman–Crippen LogP) is 4.47. The summed E-state index contributed by atoms with van der Waals surface area (Å²) in [7, 11) is 0. The van der Waals surface area contributed by atoms with Gasteiger partial charge in [0.25, 0.3) is 0 Å². The van der Waals surface area contributed by atoms with Crippen LogP contribution in [0.5, 0.6) is 5.75 Å². The zero-order chi connectivity index (χ0) is 23.2. The molecular formula is C21H21ClF4N6O. The molecule has 176 valence electrons. The van der Waals surface area contributed by atoms with Crippen molar-refractivity contribution in [3.8, 4) is 5.75 Å². The maximum absolute atomic E-state index is 13.5. The van der Waals surface area contributed by atoms with Gasteiger partial charge in [0, 0.05) is 31.0 Å². The van der Waals surface area contributed by atoms with Gasteiger partial charge in [0.1, 0.15) is 24.1 Å². The van der Waals surface area contributed by atoms with Gasteiger partial charge in [-0.25, -0.2) is 13.9 Å². The minimum atomic E-state index is -4.63. The Labute approximate surface area is 191 Å². The van der Waals surface area contributed by atoms with Crippen LogP contribution in [0.1, 0.15) is 18.5 Å². The van der Waals surface area contributed by atoms with Gasteiger partial charge in [-0.1, -0.05) is 11.6 Å². The number of alkyl halides is 4. The zero-order valence-electron chi connectivity index (χ0n) is 17.4. The highest BCUT2D eigenvalue weighted by molar-refractivity contribution is 6.29. The summed E-state index contributed by atoms with van der Waals surface area (Å²) in [4.78, 5) is 10.6. The Kier molecular flexibility index (Phi) is 5.67. The van der Waals surface area contributed by atoms with Gasteiger partial charge in [-0.3, -0.25) is 0 Å². The number of halogens is 5. The molecule has 2 fully saturated rings. The highest BCUT2D eigenvalue weighted by atomic mass is 35.5. The van der Waals surface area contributed by atoms with E-state index < -0.39 is 18.5 Å². The second kappa shape index (κ2) is 8.51. The normalized spacial score (nSPS) is 22.7. The molecule has 1 aliphatic heterocycles. The lowest BCUT2D eigenvalue weighted by atomic mass is 9.92. The molecule has 0 spiro atoms. The summed E-state index contributed by atoms with van der Waals surface area (Å²) in [6, 6.07) is 5.78. The lowest BCUT2D eigenvalue weighted by Gasteiger charge is -2.39. The quantitative estimate of drug-likeness (QED) is 0.411. The molecule has 0 amide bonds. The first-order valence-corrected chi connectivity index (χ1v) is 11.0. The van der Waals surface area contributed by atoms with Crippen molar-refractivity contribution in [1.82, 2.24) is 19.6 Å². The van der Waals surface area contributed by atoms with Gasteiger partial charge in [-0.15, -0.1) is 5.10 Å². The van der Waals surface area contributed by atoms with Gasteiger partial charge < -0.3 is 15.0 Å². The number of fused-ring (bicyclic) bond motifs is 3. The maximum Gasteiger partial charge on any atom is 0.433 e. The Morgan fingerprint density at radius 1 is 1.15 bits per heavy atom. The third-order valence-electron chi connectivity index (χ3n) is 6.28. The van der Waals surface area contributed by atoms with E-state index in [1.165, 1.54) is 0 Å². The fraction of sp³-hybridized carbons (Fsp3) is 0.476. The first-order chi connectivity index (χ1) is 15.8. The lowest BCUT2D eigenvalue weighted by molar-refractivity contribution is -0.142. The summed E-state index contributed by atoms with van der Waals surface area (Å²) in [6.07, 6.45) is -0.976. The van der Waals surface area contributed by atoms with Crippen molar-refractivity contribution >= 4 is 28.9 Å². The van der Waals surface area contributed by atoms with Gasteiger partial charge in [0.2, 0.25) is 5.95 Å². The first-order valence-electron chi connectivity index (χ1n) is 10.6. The smallest absolute Gasteiger partial charge is 0.433 e. The number of nitrogens with zero attached hydrogens (tertiary/aromatic N) is 5. The highest BCUT2D eigenvalue weighted by Gasteiger charge is 2.43. The number of ether oxygens (including phenoxy) is 1. The molecule has 7 nitrogen and oxygen atoms in total. The van der Waals surface area contributed by atoms with E-state index in [-0.39, 0.29) is 41.8 Å². The number of rotatable bonds is 6. The van der Waals surface area contributed by atoms with E-state index in [1.54, 1.807) is 6.20 Å². The number of hydrogen-bond acceptors (Lipinski definition) is 6. The van der Waals surface area contributed by atoms with Gasteiger partial charge in [0.05, 0.1) is 0 Å². The van der Waals surface area contributed by atoms with Crippen molar-refractivity contribution in [3.05, 3.63) is 41.3 Å². The molecule has 2 aliphatic rings. The van der Waals surface area contributed by atoms with E-state index in [4.69, 9.17) is 16.3 Å². The Bertz CT molecular complexity index is 1140. The fourth-order valence-electron chi connectivity index (χ4n) is 4.88. The van der Waals surface area contributed by atoms with E-state index in [1.807, 2.05) is 12.1 Å². The van der Waals surface area contributed by atoms with E-state index >= 15 is 0 Å². The molecule has 12 heteroatoms. The summed E-state index contributed by atoms with van der Waals surface area (Å²) in [5.74, 6) is 0.686. The molecule has 2 atom stereocenters. The first kappa shape index (κ1) is 22.0. The number of anilines is 2. The summed E-state index contributed by atoms with van der Waals surface area (Å²) < 4.78 is 59.0. The minimum absolute atomic E-state index is 0.0283. The van der Waals surface area contributed by atoms with Gasteiger partial charge in [0.15, 0.2) is 11.4 Å². The van der Waals surface area contributed by atoms with Crippen molar-refractivity contribution in [2.75, 3.05) is 36.6 Å². The van der Waals surface area contributed by atoms with Crippen molar-refractivity contribution in [1.29, 1.82) is 0 Å². The SMILES string of the molecule is FCCOc1ccc(C(F)(F)F)n2nc(NC3C4CCC3CN(c3ccnc(Cl)c3)C4)nc12. The Hall–Kier alpha value is -2.82. The lowest BCUT2D eigenvalue weighted by Crippen LogP contribution is -2.48. The van der Waals surface area contributed by atoms with E-state index in [2.05, 4.69) is 25.3 Å². The van der Waals surface area contributed by atoms with Crippen LogP contribution in [0.3, 0.4) is 0 Å². The van der Waals surface area contributed by atoms with E-state index in [0.717, 1.165) is 43.8 Å². The molecule has 2 unspecified atom stereocenters. The maximum atomic E-state index is 13.5. The Morgan fingerprint density at radius 2 is 1.91 bits per heavy atom. The summed E-state index contributed by atoms with van der Waals surface area (Å²) in [5.41, 5.74) is -0.0735. The predicted molar refractivity (Wildman–Crippen MR) is 115 cm³/mol. The molecule has 1 aliphatic carbocycles. The van der Waals surface area contributed by atoms with Crippen LogP contribution in [0.25, 0.3) is 5.65 Å².